The van der Waals surface area contributed by atoms with Crippen molar-refractivity contribution in [2.24, 2.45) is 5.92 Å². The maximum Gasteiger partial charge on any atom is 0.123 e. The van der Waals surface area contributed by atoms with Crippen molar-refractivity contribution >= 4 is 27.7 Å². The third kappa shape index (κ3) is 3.70. The molecule has 2 atom stereocenters. The third-order valence-electron chi connectivity index (χ3n) is 4.05. The van der Waals surface area contributed by atoms with E-state index in [2.05, 4.69) is 40.2 Å². The molecule has 1 aliphatic heterocycles. The van der Waals surface area contributed by atoms with Crippen molar-refractivity contribution in [2.45, 2.75) is 23.7 Å². The summed E-state index contributed by atoms with van der Waals surface area (Å²) >= 11 is 5.60. The molecule has 0 saturated heterocycles. The van der Waals surface area contributed by atoms with Gasteiger partial charge in [0, 0.05) is 16.0 Å². The molecule has 0 nitrogen and oxygen atoms in total. The Morgan fingerprint density at radius 1 is 1.19 bits per heavy atom. The summed E-state index contributed by atoms with van der Waals surface area (Å²) in [5, 5.41) is 0.965. The van der Waals surface area contributed by atoms with Crippen molar-refractivity contribution in [3.8, 4) is 0 Å². The van der Waals surface area contributed by atoms with Gasteiger partial charge in [0.25, 0.3) is 0 Å². The predicted molar refractivity (Wildman–Crippen MR) is 91.9 cm³/mol. The molecule has 0 saturated carbocycles. The van der Waals surface area contributed by atoms with Gasteiger partial charge in [0.15, 0.2) is 0 Å². The van der Waals surface area contributed by atoms with Crippen molar-refractivity contribution in [1.82, 2.24) is 0 Å². The smallest absolute Gasteiger partial charge is 0.123 e. The van der Waals surface area contributed by atoms with E-state index >= 15 is 0 Å². The fourth-order valence-electron chi connectivity index (χ4n) is 3.02. The van der Waals surface area contributed by atoms with E-state index in [1.165, 1.54) is 22.3 Å². The fourth-order valence-corrected chi connectivity index (χ4v) is 4.79. The van der Waals surface area contributed by atoms with Gasteiger partial charge < -0.3 is 0 Å². The molecule has 1 aliphatic rings. The van der Waals surface area contributed by atoms with Gasteiger partial charge in [-0.25, -0.2) is 4.39 Å². The molecule has 21 heavy (non-hydrogen) atoms. The van der Waals surface area contributed by atoms with Gasteiger partial charge in [0.1, 0.15) is 5.82 Å². The van der Waals surface area contributed by atoms with Gasteiger partial charge in [-0.2, -0.15) is 0 Å². The van der Waals surface area contributed by atoms with Crippen LogP contribution in [0, 0.1) is 11.7 Å². The minimum absolute atomic E-state index is 0.136. The van der Waals surface area contributed by atoms with E-state index < -0.39 is 0 Å². The molecule has 110 valence electrons. The Bertz CT molecular complexity index is 614. The second-order valence-corrected chi connectivity index (χ2v) is 7.35. The second kappa shape index (κ2) is 6.97. The van der Waals surface area contributed by atoms with E-state index in [0.29, 0.717) is 11.8 Å². The number of thioether (sulfide) groups is 1. The summed E-state index contributed by atoms with van der Waals surface area (Å²) in [5.41, 5.74) is 2.59. The Balaban J connectivity index is 1.68. The number of fused-ring (bicyclic) bond motifs is 1. The summed E-state index contributed by atoms with van der Waals surface area (Å²) in [5.74, 6) is 2.21. The molecule has 2 aromatic rings. The zero-order valence-corrected chi connectivity index (χ0v) is 14.2. The predicted octanol–water partition coefficient (Wildman–Crippen LogP) is 5.66. The largest absolute Gasteiger partial charge is 0.207 e. The lowest BCUT2D eigenvalue weighted by Crippen LogP contribution is -2.12. The van der Waals surface area contributed by atoms with Crippen LogP contribution in [0.2, 0.25) is 0 Å². The van der Waals surface area contributed by atoms with Gasteiger partial charge in [0.2, 0.25) is 0 Å². The fraction of sp³-hybridized carbons (Fsp3) is 0.333. The molecule has 1 heterocycles. The number of rotatable bonds is 5. The van der Waals surface area contributed by atoms with Crippen LogP contribution in [0.5, 0.6) is 0 Å². The quantitative estimate of drug-likeness (QED) is 0.616. The number of halogens is 2. The molecule has 2 unspecified atom stereocenters. The Morgan fingerprint density at radius 2 is 2.05 bits per heavy atom. The second-order valence-electron chi connectivity index (χ2n) is 5.64. The number of benzene rings is 2. The van der Waals surface area contributed by atoms with E-state index in [4.69, 9.17) is 0 Å². The Hall–Kier alpha value is -0.800. The number of alkyl halides is 1. The molecule has 0 aromatic heterocycles. The average molecular weight is 365 g/mol. The first-order valence-electron chi connectivity index (χ1n) is 7.28. The molecule has 3 rings (SSSR count). The summed E-state index contributed by atoms with van der Waals surface area (Å²) in [4.78, 5) is 1.43. The van der Waals surface area contributed by atoms with Crippen LogP contribution in [-0.2, 0) is 6.42 Å². The lowest BCUT2D eigenvalue weighted by molar-refractivity contribution is 0.494. The molecule has 0 amide bonds. The first-order valence-corrected chi connectivity index (χ1v) is 9.39. The highest BCUT2D eigenvalue weighted by Gasteiger charge is 2.25. The summed E-state index contributed by atoms with van der Waals surface area (Å²) in [6, 6.07) is 15.7. The van der Waals surface area contributed by atoms with Gasteiger partial charge in [-0.15, -0.1) is 11.8 Å². The van der Waals surface area contributed by atoms with Crippen LogP contribution in [0.25, 0.3) is 0 Å². The van der Waals surface area contributed by atoms with Crippen LogP contribution in [0.15, 0.2) is 53.4 Å². The summed E-state index contributed by atoms with van der Waals surface area (Å²) < 4.78 is 13.3. The Morgan fingerprint density at radius 3 is 2.86 bits per heavy atom. The lowest BCUT2D eigenvalue weighted by Gasteiger charge is -2.19. The van der Waals surface area contributed by atoms with Gasteiger partial charge >= 0.3 is 0 Å². The molecule has 0 aliphatic carbocycles. The van der Waals surface area contributed by atoms with Crippen LogP contribution < -0.4 is 0 Å². The molecule has 0 spiro atoms. The van der Waals surface area contributed by atoms with Gasteiger partial charge in [-0.3, -0.25) is 0 Å². The SMILES string of the molecule is Fc1cccc(CC(CBr)CC2CSc3ccccc32)c1. The molecule has 2 aromatic carbocycles. The van der Waals surface area contributed by atoms with Gasteiger partial charge in [-0.05, 0) is 54.0 Å². The molecule has 0 N–H and O–H groups in total. The van der Waals surface area contributed by atoms with Crippen molar-refractivity contribution < 1.29 is 4.39 Å². The van der Waals surface area contributed by atoms with E-state index in [9.17, 15) is 4.39 Å². The minimum atomic E-state index is -0.136. The topological polar surface area (TPSA) is 0 Å². The van der Waals surface area contributed by atoms with E-state index in [1.807, 2.05) is 17.8 Å². The highest BCUT2D eigenvalue weighted by atomic mass is 79.9. The maximum atomic E-state index is 13.3. The van der Waals surface area contributed by atoms with Crippen molar-refractivity contribution in [1.29, 1.82) is 0 Å². The Kier molecular flexibility index (Phi) is 5.02. The normalized spacial score (nSPS) is 18.5. The van der Waals surface area contributed by atoms with Crippen LogP contribution in [-0.4, -0.2) is 11.1 Å². The standard InChI is InChI=1S/C18H18BrFS/c19-11-14(8-13-4-3-5-16(20)10-13)9-15-12-21-18-7-2-1-6-17(15)18/h1-7,10,14-15H,8-9,11-12H2. The molecule has 3 heteroatoms. The van der Waals surface area contributed by atoms with Crippen molar-refractivity contribution in [2.75, 3.05) is 11.1 Å². The summed E-state index contributed by atoms with van der Waals surface area (Å²) in [6.45, 7) is 0. The minimum Gasteiger partial charge on any atom is -0.207 e. The highest BCUT2D eigenvalue weighted by molar-refractivity contribution is 9.09. The molecular formula is C18H18BrFS. The summed E-state index contributed by atoms with van der Waals surface area (Å²) in [7, 11) is 0. The number of hydrogen-bond donors (Lipinski definition) is 0. The molecule has 0 radical (unpaired) electrons. The average Bonchev–Trinajstić information content (AvgIpc) is 2.90. The summed E-state index contributed by atoms with van der Waals surface area (Å²) in [6.07, 6.45) is 2.10. The highest BCUT2D eigenvalue weighted by Crippen LogP contribution is 2.42. The molecule has 0 bridgehead atoms. The van der Waals surface area contributed by atoms with E-state index in [-0.39, 0.29) is 5.82 Å². The first-order chi connectivity index (χ1) is 10.3. The zero-order chi connectivity index (χ0) is 14.7. The molecule has 0 fully saturated rings. The first kappa shape index (κ1) is 15.1. The Labute approximate surface area is 138 Å². The van der Waals surface area contributed by atoms with Crippen molar-refractivity contribution in [3.05, 3.63) is 65.5 Å². The lowest BCUT2D eigenvalue weighted by atomic mass is 9.88. The monoisotopic (exact) mass is 364 g/mol. The van der Waals surface area contributed by atoms with E-state index in [0.717, 1.165) is 23.7 Å². The number of hydrogen-bond acceptors (Lipinski definition) is 1. The van der Waals surface area contributed by atoms with Crippen LogP contribution in [0.1, 0.15) is 23.5 Å². The maximum absolute atomic E-state index is 13.3. The van der Waals surface area contributed by atoms with Crippen molar-refractivity contribution in [3.63, 3.8) is 0 Å². The third-order valence-corrected chi connectivity index (χ3v) is 6.22. The zero-order valence-electron chi connectivity index (χ0n) is 11.8. The molecular weight excluding hydrogens is 347 g/mol. The van der Waals surface area contributed by atoms with Gasteiger partial charge in [-0.1, -0.05) is 46.3 Å². The van der Waals surface area contributed by atoms with Crippen LogP contribution >= 0.6 is 27.7 Å². The van der Waals surface area contributed by atoms with Crippen LogP contribution in [0.4, 0.5) is 4.39 Å². The van der Waals surface area contributed by atoms with E-state index in [1.54, 1.807) is 12.1 Å². The van der Waals surface area contributed by atoms with Crippen LogP contribution in [0.3, 0.4) is 0 Å². The van der Waals surface area contributed by atoms with Gasteiger partial charge in [0.05, 0.1) is 0 Å².